The number of carbonyl (C=O) groups is 1. The number of halogens is 2. The van der Waals surface area contributed by atoms with Crippen LogP contribution < -0.4 is 0 Å². The highest BCUT2D eigenvalue weighted by Gasteiger charge is 2.17. The van der Waals surface area contributed by atoms with Gasteiger partial charge in [0.2, 0.25) is 0 Å². The summed E-state index contributed by atoms with van der Waals surface area (Å²) in [4.78, 5) is 19.1. The Kier molecular flexibility index (Phi) is 3.38. The smallest absolute Gasteiger partial charge is 0.305 e. The van der Waals surface area contributed by atoms with Gasteiger partial charge in [-0.2, -0.15) is 0 Å². The second kappa shape index (κ2) is 5.21. The fraction of sp³-hybridized carbons (Fsp3) is 0.154. The van der Waals surface area contributed by atoms with Gasteiger partial charge in [-0.1, -0.05) is 0 Å². The largest absolute Gasteiger partial charge is 0.481 e. The van der Waals surface area contributed by atoms with Crippen LogP contribution in [0.4, 0.5) is 8.78 Å². The Balaban J connectivity index is 2.20. The number of aryl methyl sites for hydroxylation is 1. The van der Waals surface area contributed by atoms with E-state index in [2.05, 4.69) is 9.97 Å². The third-order valence-electron chi connectivity index (χ3n) is 3.00. The molecule has 1 N–H and O–H groups in total. The molecule has 5 nitrogen and oxygen atoms in total. The number of aliphatic carboxylic acids is 1. The quantitative estimate of drug-likeness (QED) is 0.804. The molecule has 2 aromatic heterocycles. The Morgan fingerprint density at radius 3 is 2.76 bits per heavy atom. The van der Waals surface area contributed by atoms with Gasteiger partial charge in [-0.25, -0.2) is 18.7 Å². The minimum Gasteiger partial charge on any atom is -0.481 e. The predicted molar refractivity (Wildman–Crippen MR) is 73.0 cm³/mol. The first-order valence-corrected chi connectivity index (χ1v) is 6.96. The fourth-order valence-corrected chi connectivity index (χ4v) is 2.60. The number of hydrogen-bond acceptors (Lipinski definition) is 4. The van der Waals surface area contributed by atoms with Crippen molar-refractivity contribution < 1.29 is 18.7 Å². The number of carboxylic acid groups (broad SMARTS) is 1. The van der Waals surface area contributed by atoms with E-state index in [1.165, 1.54) is 11.3 Å². The van der Waals surface area contributed by atoms with Crippen molar-refractivity contribution in [1.82, 2.24) is 14.5 Å². The number of imidazole rings is 1. The zero-order chi connectivity index (χ0) is 15.0. The molecule has 0 bridgehead atoms. The van der Waals surface area contributed by atoms with Crippen LogP contribution in [-0.4, -0.2) is 25.6 Å². The monoisotopic (exact) mass is 309 g/mol. The first-order valence-electron chi connectivity index (χ1n) is 6.02. The van der Waals surface area contributed by atoms with Crippen molar-refractivity contribution in [3.8, 4) is 11.5 Å². The van der Waals surface area contributed by atoms with Crippen molar-refractivity contribution in [2.45, 2.75) is 13.0 Å². The van der Waals surface area contributed by atoms with E-state index in [-0.39, 0.29) is 18.5 Å². The number of thiazole rings is 1. The molecule has 0 aliphatic rings. The van der Waals surface area contributed by atoms with Crippen LogP contribution in [-0.2, 0) is 11.3 Å². The summed E-state index contributed by atoms with van der Waals surface area (Å²) in [5, 5.41) is 10.6. The van der Waals surface area contributed by atoms with Crippen LogP contribution in [0.5, 0.6) is 0 Å². The van der Waals surface area contributed by atoms with Gasteiger partial charge in [-0.3, -0.25) is 4.79 Å². The van der Waals surface area contributed by atoms with E-state index < -0.39 is 17.6 Å². The zero-order valence-electron chi connectivity index (χ0n) is 10.6. The molecule has 2 heterocycles. The summed E-state index contributed by atoms with van der Waals surface area (Å²) in [6.07, 6.45) is -0.151. The average Bonchev–Trinajstić information content (AvgIpc) is 3.04. The maximum atomic E-state index is 13.4. The third kappa shape index (κ3) is 2.49. The molecular weight excluding hydrogens is 300 g/mol. The highest BCUT2D eigenvalue weighted by Crippen LogP contribution is 2.26. The lowest BCUT2D eigenvalue weighted by molar-refractivity contribution is -0.137. The molecule has 21 heavy (non-hydrogen) atoms. The lowest BCUT2D eigenvalue weighted by Crippen LogP contribution is -2.06. The Hall–Kier alpha value is -2.35. The molecule has 0 spiro atoms. The van der Waals surface area contributed by atoms with Crippen molar-refractivity contribution in [3.63, 3.8) is 0 Å². The van der Waals surface area contributed by atoms with Crippen LogP contribution in [0.15, 0.2) is 23.0 Å². The van der Waals surface area contributed by atoms with Gasteiger partial charge in [-0.05, 0) is 0 Å². The van der Waals surface area contributed by atoms with Crippen molar-refractivity contribution in [2.24, 2.45) is 0 Å². The second-order valence-electron chi connectivity index (χ2n) is 4.36. The molecule has 0 amide bonds. The number of carboxylic acids is 1. The fourth-order valence-electron chi connectivity index (χ4n) is 2.07. The molecule has 0 aliphatic carbocycles. The molecule has 0 atom stereocenters. The van der Waals surface area contributed by atoms with Crippen LogP contribution in [0, 0.1) is 11.6 Å². The first-order chi connectivity index (χ1) is 10.1. The van der Waals surface area contributed by atoms with E-state index in [1.54, 1.807) is 15.5 Å². The number of nitrogens with zero attached hydrogens (tertiary/aromatic N) is 3. The number of rotatable bonds is 4. The Morgan fingerprint density at radius 1 is 1.33 bits per heavy atom. The standard InChI is InChI=1S/C13H9F2N3O2S/c14-7-3-9-11(4-8(7)15)18(2-1-12(19)20)13(17-9)10-5-21-6-16-10/h3-6H,1-2H2,(H,19,20). The van der Waals surface area contributed by atoms with Crippen LogP contribution >= 0.6 is 11.3 Å². The summed E-state index contributed by atoms with van der Waals surface area (Å²) in [7, 11) is 0. The van der Waals surface area contributed by atoms with Crippen molar-refractivity contribution in [1.29, 1.82) is 0 Å². The molecule has 0 radical (unpaired) electrons. The molecule has 3 aromatic rings. The number of fused-ring (bicyclic) bond motifs is 1. The molecule has 0 saturated carbocycles. The van der Waals surface area contributed by atoms with E-state index >= 15 is 0 Å². The van der Waals surface area contributed by atoms with E-state index in [9.17, 15) is 13.6 Å². The van der Waals surface area contributed by atoms with Gasteiger partial charge >= 0.3 is 5.97 Å². The second-order valence-corrected chi connectivity index (χ2v) is 5.08. The van der Waals surface area contributed by atoms with E-state index in [0.717, 1.165) is 12.1 Å². The Morgan fingerprint density at radius 2 is 2.10 bits per heavy atom. The lowest BCUT2D eigenvalue weighted by atomic mass is 10.3. The van der Waals surface area contributed by atoms with Gasteiger partial charge in [0.15, 0.2) is 17.5 Å². The van der Waals surface area contributed by atoms with Crippen LogP contribution in [0.25, 0.3) is 22.6 Å². The van der Waals surface area contributed by atoms with Crippen molar-refractivity contribution >= 4 is 28.3 Å². The normalized spacial score (nSPS) is 11.1. The summed E-state index contributed by atoms with van der Waals surface area (Å²) in [5.41, 5.74) is 2.76. The van der Waals surface area contributed by atoms with Crippen LogP contribution in [0.3, 0.4) is 0 Å². The molecular formula is C13H9F2N3O2S. The summed E-state index contributed by atoms with van der Waals surface area (Å²) < 4.78 is 28.3. The maximum absolute atomic E-state index is 13.4. The number of aromatic nitrogens is 3. The molecule has 108 valence electrons. The molecule has 0 aliphatic heterocycles. The van der Waals surface area contributed by atoms with Gasteiger partial charge in [0.05, 0.1) is 23.0 Å². The highest BCUT2D eigenvalue weighted by atomic mass is 32.1. The summed E-state index contributed by atoms with van der Waals surface area (Å²) in [6.45, 7) is 0.101. The minimum atomic E-state index is -0.996. The molecule has 0 fully saturated rings. The molecule has 1 aromatic carbocycles. The minimum absolute atomic E-state index is 0.101. The van der Waals surface area contributed by atoms with E-state index in [0.29, 0.717) is 17.0 Å². The molecule has 0 saturated heterocycles. The van der Waals surface area contributed by atoms with Gasteiger partial charge in [0, 0.05) is 24.1 Å². The van der Waals surface area contributed by atoms with E-state index in [1.807, 2.05) is 0 Å². The van der Waals surface area contributed by atoms with Gasteiger partial charge in [0.25, 0.3) is 0 Å². The topological polar surface area (TPSA) is 68.0 Å². The van der Waals surface area contributed by atoms with E-state index in [4.69, 9.17) is 5.11 Å². The number of hydrogen-bond donors (Lipinski definition) is 1. The molecule has 8 heteroatoms. The third-order valence-corrected chi connectivity index (χ3v) is 3.59. The lowest BCUT2D eigenvalue weighted by Gasteiger charge is -2.06. The first kappa shape index (κ1) is 13.6. The Bertz CT molecular complexity index is 815. The molecule has 3 rings (SSSR count). The zero-order valence-corrected chi connectivity index (χ0v) is 11.4. The van der Waals surface area contributed by atoms with Crippen molar-refractivity contribution in [3.05, 3.63) is 34.7 Å². The average molecular weight is 309 g/mol. The van der Waals surface area contributed by atoms with Gasteiger partial charge in [-0.15, -0.1) is 11.3 Å². The maximum Gasteiger partial charge on any atom is 0.305 e. The highest BCUT2D eigenvalue weighted by molar-refractivity contribution is 7.07. The predicted octanol–water partition coefficient (Wildman–Crippen LogP) is 2.91. The van der Waals surface area contributed by atoms with Crippen LogP contribution in [0.1, 0.15) is 6.42 Å². The van der Waals surface area contributed by atoms with Gasteiger partial charge < -0.3 is 9.67 Å². The summed E-state index contributed by atoms with van der Waals surface area (Å²) in [5.74, 6) is -2.57. The number of benzene rings is 1. The van der Waals surface area contributed by atoms with Gasteiger partial charge in [0.1, 0.15) is 5.69 Å². The van der Waals surface area contributed by atoms with Crippen LogP contribution in [0.2, 0.25) is 0 Å². The Labute approximate surface area is 121 Å². The summed E-state index contributed by atoms with van der Waals surface area (Å²) >= 11 is 1.35. The summed E-state index contributed by atoms with van der Waals surface area (Å²) in [6, 6.07) is 2.02. The SMILES string of the molecule is O=C(O)CCn1c(-c2cscn2)nc2cc(F)c(F)cc21. The molecule has 0 unspecified atom stereocenters. The van der Waals surface area contributed by atoms with Crippen molar-refractivity contribution in [2.75, 3.05) is 0 Å².